The van der Waals surface area contributed by atoms with E-state index in [1.807, 2.05) is 66.7 Å². The zero-order valence-corrected chi connectivity index (χ0v) is 21.2. The first-order chi connectivity index (χ1) is 19.1. The predicted molar refractivity (Wildman–Crippen MR) is 145 cm³/mol. The van der Waals surface area contributed by atoms with E-state index >= 15 is 0 Å². The molecular formula is C31H25N3O5. The number of methoxy groups -OCH3 is 1. The number of nitriles is 1. The van der Waals surface area contributed by atoms with Gasteiger partial charge in [0, 0.05) is 6.42 Å². The number of ether oxygens (including phenoxy) is 3. The largest absolute Gasteiger partial charge is 0.497 e. The lowest BCUT2D eigenvalue weighted by atomic mass is 9.97. The van der Waals surface area contributed by atoms with Gasteiger partial charge < -0.3 is 14.2 Å². The van der Waals surface area contributed by atoms with E-state index in [1.54, 1.807) is 31.4 Å². The van der Waals surface area contributed by atoms with Crippen LogP contribution >= 0.6 is 0 Å². The summed E-state index contributed by atoms with van der Waals surface area (Å²) in [5, 5.41) is 17.4. The quantitative estimate of drug-likeness (QED) is 0.303. The average molecular weight is 520 g/mol. The summed E-state index contributed by atoms with van der Waals surface area (Å²) in [5.74, 6) is -0.211. The van der Waals surface area contributed by atoms with Crippen molar-refractivity contribution >= 4 is 28.4 Å². The van der Waals surface area contributed by atoms with Gasteiger partial charge in [-0.15, -0.1) is 0 Å². The van der Waals surface area contributed by atoms with Crippen LogP contribution in [0.1, 0.15) is 29.2 Å². The molecule has 1 aliphatic rings. The Bertz CT molecular complexity index is 1590. The lowest BCUT2D eigenvalue weighted by Gasteiger charge is -2.22. The summed E-state index contributed by atoms with van der Waals surface area (Å²) in [4.78, 5) is 25.6. The minimum Gasteiger partial charge on any atom is -0.497 e. The second kappa shape index (κ2) is 11.5. The predicted octanol–water partition coefficient (Wildman–Crippen LogP) is 5.02. The Morgan fingerprint density at radius 1 is 0.949 bits per heavy atom. The lowest BCUT2D eigenvalue weighted by Crippen LogP contribution is -2.32. The first kappa shape index (κ1) is 25.5. The van der Waals surface area contributed by atoms with Gasteiger partial charge in [0.15, 0.2) is 13.2 Å². The zero-order chi connectivity index (χ0) is 27.2. The summed E-state index contributed by atoms with van der Waals surface area (Å²) < 4.78 is 15.9. The summed E-state index contributed by atoms with van der Waals surface area (Å²) >= 11 is 0. The van der Waals surface area contributed by atoms with Crippen LogP contribution < -0.4 is 9.47 Å². The Morgan fingerprint density at radius 3 is 2.46 bits per heavy atom. The molecule has 1 atom stereocenters. The van der Waals surface area contributed by atoms with Crippen molar-refractivity contribution in [2.75, 3.05) is 20.3 Å². The van der Waals surface area contributed by atoms with E-state index in [9.17, 15) is 9.59 Å². The van der Waals surface area contributed by atoms with Crippen LogP contribution in [-0.2, 0) is 14.3 Å². The van der Waals surface area contributed by atoms with Crippen LogP contribution in [0, 0.1) is 11.3 Å². The monoisotopic (exact) mass is 519 g/mol. The molecule has 0 aliphatic carbocycles. The van der Waals surface area contributed by atoms with Gasteiger partial charge in [0.25, 0.3) is 5.91 Å². The minimum atomic E-state index is -0.727. The van der Waals surface area contributed by atoms with Crippen molar-refractivity contribution < 1.29 is 23.8 Å². The summed E-state index contributed by atoms with van der Waals surface area (Å²) in [7, 11) is 1.60. The maximum Gasteiger partial charge on any atom is 0.344 e. The van der Waals surface area contributed by atoms with Crippen molar-refractivity contribution in [3.05, 3.63) is 108 Å². The highest BCUT2D eigenvalue weighted by Gasteiger charge is 2.33. The zero-order valence-electron chi connectivity index (χ0n) is 21.2. The van der Waals surface area contributed by atoms with Gasteiger partial charge in [-0.1, -0.05) is 60.7 Å². The lowest BCUT2D eigenvalue weighted by molar-refractivity contribution is -0.154. The standard InChI is InChI=1S/C31H25N3O5/c1-37-26-14-12-22(13-15-26)28-17-27(24-11-10-21-6-2-3-7-23(21)16-24)33-34(28)30(35)19-39-31(36)20-38-29-9-5-4-8-25(29)18-32/h2-16,28H,17,19-20H2,1H3/t28-/m0/s1. The fourth-order valence-electron chi connectivity index (χ4n) is 4.44. The average Bonchev–Trinajstić information content (AvgIpc) is 3.44. The molecule has 0 fully saturated rings. The number of hydrogen-bond donors (Lipinski definition) is 0. The van der Waals surface area contributed by atoms with E-state index in [4.69, 9.17) is 19.5 Å². The van der Waals surface area contributed by atoms with Crippen molar-refractivity contribution in [3.63, 3.8) is 0 Å². The van der Waals surface area contributed by atoms with Crippen molar-refractivity contribution in [2.45, 2.75) is 12.5 Å². The van der Waals surface area contributed by atoms with Gasteiger partial charge in [0.05, 0.1) is 24.4 Å². The third-order valence-corrected chi connectivity index (χ3v) is 6.46. The van der Waals surface area contributed by atoms with Gasteiger partial charge in [-0.2, -0.15) is 10.4 Å². The molecule has 39 heavy (non-hydrogen) atoms. The molecular weight excluding hydrogens is 494 g/mol. The summed E-state index contributed by atoms with van der Waals surface area (Å²) in [6.45, 7) is -0.928. The SMILES string of the molecule is COc1ccc([C@@H]2CC(c3ccc4ccccc4c3)=NN2C(=O)COC(=O)COc2ccccc2C#N)cc1. The molecule has 5 rings (SSSR count). The molecule has 4 aromatic rings. The van der Waals surface area contributed by atoms with Gasteiger partial charge >= 0.3 is 5.97 Å². The van der Waals surface area contributed by atoms with Gasteiger partial charge in [-0.3, -0.25) is 4.79 Å². The van der Waals surface area contributed by atoms with Gasteiger partial charge in [-0.05, 0) is 52.2 Å². The summed E-state index contributed by atoms with van der Waals surface area (Å²) in [5.41, 5.74) is 2.87. The molecule has 194 valence electrons. The summed E-state index contributed by atoms with van der Waals surface area (Å²) in [6, 6.07) is 29.8. The first-order valence-electron chi connectivity index (χ1n) is 12.4. The number of amides is 1. The molecule has 0 radical (unpaired) electrons. The molecule has 8 heteroatoms. The van der Waals surface area contributed by atoms with E-state index in [-0.39, 0.29) is 11.8 Å². The Balaban J connectivity index is 1.32. The second-order valence-electron chi connectivity index (χ2n) is 8.90. The number of esters is 1. The van der Waals surface area contributed by atoms with Crippen LogP contribution in [-0.4, -0.2) is 42.9 Å². The third-order valence-electron chi connectivity index (χ3n) is 6.46. The third kappa shape index (κ3) is 5.73. The summed E-state index contributed by atoms with van der Waals surface area (Å²) in [6.07, 6.45) is 0.498. The Kier molecular flexibility index (Phi) is 7.51. The number of para-hydroxylation sites is 1. The van der Waals surface area contributed by atoms with E-state index in [0.29, 0.717) is 17.7 Å². The van der Waals surface area contributed by atoms with Gasteiger partial charge in [0.1, 0.15) is 17.6 Å². The highest BCUT2D eigenvalue weighted by atomic mass is 16.6. The second-order valence-corrected chi connectivity index (χ2v) is 8.90. The minimum absolute atomic E-state index is 0.270. The highest BCUT2D eigenvalue weighted by molar-refractivity contribution is 6.05. The van der Waals surface area contributed by atoms with Crippen LogP contribution in [0.15, 0.2) is 96.1 Å². The molecule has 0 unspecified atom stereocenters. The Morgan fingerprint density at radius 2 is 1.69 bits per heavy atom. The van der Waals surface area contributed by atoms with Crippen molar-refractivity contribution in [3.8, 4) is 17.6 Å². The van der Waals surface area contributed by atoms with E-state index in [1.165, 1.54) is 5.01 Å². The normalized spacial score (nSPS) is 14.4. The Hall–Kier alpha value is -5.16. The number of benzene rings is 4. The number of fused-ring (bicyclic) bond motifs is 1. The van der Waals surface area contributed by atoms with E-state index in [2.05, 4.69) is 11.2 Å². The number of rotatable bonds is 8. The van der Waals surface area contributed by atoms with Crippen molar-refractivity contribution in [1.29, 1.82) is 5.26 Å². The molecule has 1 aliphatic heterocycles. The van der Waals surface area contributed by atoms with Gasteiger partial charge in [0.2, 0.25) is 0 Å². The molecule has 4 aromatic carbocycles. The number of carbonyl (C=O) groups excluding carboxylic acids is 2. The molecule has 1 amide bonds. The highest BCUT2D eigenvalue weighted by Crippen LogP contribution is 2.34. The van der Waals surface area contributed by atoms with Crippen LogP contribution in [0.25, 0.3) is 10.8 Å². The number of hydrogen-bond acceptors (Lipinski definition) is 7. The van der Waals surface area contributed by atoms with Crippen molar-refractivity contribution in [2.24, 2.45) is 5.10 Å². The van der Waals surface area contributed by atoms with Crippen LogP contribution in [0.3, 0.4) is 0 Å². The number of carbonyl (C=O) groups is 2. The molecule has 1 heterocycles. The molecule has 0 saturated carbocycles. The van der Waals surface area contributed by atoms with Crippen LogP contribution in [0.5, 0.6) is 11.5 Å². The Labute approximate surface area is 225 Å². The molecule has 0 aromatic heterocycles. The topological polar surface area (TPSA) is 101 Å². The number of nitrogens with zero attached hydrogens (tertiary/aromatic N) is 3. The van der Waals surface area contributed by atoms with Crippen LogP contribution in [0.2, 0.25) is 0 Å². The maximum atomic E-state index is 13.3. The maximum absolute atomic E-state index is 13.3. The first-order valence-corrected chi connectivity index (χ1v) is 12.4. The van der Waals surface area contributed by atoms with Crippen LogP contribution in [0.4, 0.5) is 0 Å². The fraction of sp³-hybridized carbons (Fsp3) is 0.161. The van der Waals surface area contributed by atoms with Gasteiger partial charge in [-0.25, -0.2) is 9.80 Å². The smallest absolute Gasteiger partial charge is 0.344 e. The molecule has 0 saturated heterocycles. The number of hydrazone groups is 1. The van der Waals surface area contributed by atoms with Crippen molar-refractivity contribution in [1.82, 2.24) is 5.01 Å². The fourth-order valence-corrected chi connectivity index (χ4v) is 4.44. The molecule has 0 N–H and O–H groups in total. The molecule has 0 bridgehead atoms. The van der Waals surface area contributed by atoms with E-state index in [0.717, 1.165) is 27.6 Å². The molecule has 0 spiro atoms. The van der Waals surface area contributed by atoms with E-state index < -0.39 is 25.1 Å². The molecule has 8 nitrogen and oxygen atoms in total.